The van der Waals surface area contributed by atoms with Crippen molar-refractivity contribution in [2.75, 3.05) is 13.1 Å². The van der Waals surface area contributed by atoms with E-state index in [4.69, 9.17) is 0 Å². The molecule has 17 heavy (non-hydrogen) atoms. The van der Waals surface area contributed by atoms with Crippen LogP contribution in [0, 0.1) is 0 Å². The summed E-state index contributed by atoms with van der Waals surface area (Å²) in [6.07, 6.45) is 1.65. The Bertz CT molecular complexity index is 429. The fraction of sp³-hybridized carbons (Fsp3) is 0.545. The molecule has 0 saturated carbocycles. The number of rotatable bonds is 6. The molecule has 0 amide bonds. The van der Waals surface area contributed by atoms with E-state index in [0.717, 1.165) is 0 Å². The van der Waals surface area contributed by atoms with E-state index in [2.05, 4.69) is 9.71 Å². The smallest absolute Gasteiger partial charge is 0.260 e. The molecule has 5 nitrogen and oxygen atoms in total. The molecule has 1 aromatic heterocycles. The quantitative estimate of drug-likeness (QED) is 0.836. The van der Waals surface area contributed by atoms with Gasteiger partial charge in [-0.25, -0.2) is 0 Å². The molecule has 0 aliphatic heterocycles. The normalized spacial score (nSPS) is 13.9. The van der Waals surface area contributed by atoms with Crippen molar-refractivity contribution in [3.05, 3.63) is 30.1 Å². The summed E-state index contributed by atoms with van der Waals surface area (Å²) in [5, 5.41) is 0. The van der Waals surface area contributed by atoms with Crippen LogP contribution in [0.15, 0.2) is 24.4 Å². The Morgan fingerprint density at radius 3 is 2.47 bits per heavy atom. The average Bonchev–Trinajstić information content (AvgIpc) is 2.30. The number of aromatic nitrogens is 1. The van der Waals surface area contributed by atoms with Gasteiger partial charge in [0.2, 0.25) is 0 Å². The van der Waals surface area contributed by atoms with Gasteiger partial charge in [0.1, 0.15) is 0 Å². The molecule has 0 aliphatic carbocycles. The van der Waals surface area contributed by atoms with Gasteiger partial charge in [-0.1, -0.05) is 19.9 Å². The number of hydrogen-bond acceptors (Lipinski definition) is 3. The molecule has 1 aromatic rings. The minimum Gasteiger partial charge on any atom is -0.260 e. The fourth-order valence-electron chi connectivity index (χ4n) is 1.55. The van der Waals surface area contributed by atoms with Gasteiger partial charge >= 0.3 is 0 Å². The second-order valence-corrected chi connectivity index (χ2v) is 5.39. The zero-order valence-corrected chi connectivity index (χ0v) is 11.2. The second-order valence-electron chi connectivity index (χ2n) is 3.68. The summed E-state index contributed by atoms with van der Waals surface area (Å²) in [4.78, 5) is 4.13. The van der Waals surface area contributed by atoms with Gasteiger partial charge in [-0.2, -0.15) is 17.4 Å². The Labute approximate surface area is 103 Å². The molecule has 96 valence electrons. The van der Waals surface area contributed by atoms with E-state index in [1.165, 1.54) is 4.31 Å². The Morgan fingerprint density at radius 2 is 2.00 bits per heavy atom. The van der Waals surface area contributed by atoms with Gasteiger partial charge in [0.05, 0.1) is 11.7 Å². The first-order chi connectivity index (χ1) is 8.01. The number of nitrogens with one attached hydrogen (secondary N) is 1. The lowest BCUT2D eigenvalue weighted by atomic mass is 10.2. The van der Waals surface area contributed by atoms with Crippen LogP contribution in [0.2, 0.25) is 0 Å². The minimum absolute atomic E-state index is 0.332. The van der Waals surface area contributed by atoms with Gasteiger partial charge < -0.3 is 0 Å². The largest absolute Gasteiger partial charge is 0.280 e. The molecule has 6 heteroatoms. The summed E-state index contributed by atoms with van der Waals surface area (Å²) in [7, 11) is -3.43. The van der Waals surface area contributed by atoms with Crippen LogP contribution in [0.25, 0.3) is 0 Å². The summed E-state index contributed by atoms with van der Waals surface area (Å²) in [5.41, 5.74) is 0.711. The lowest BCUT2D eigenvalue weighted by Crippen LogP contribution is -2.41. The molecule has 0 radical (unpaired) electrons. The highest BCUT2D eigenvalue weighted by molar-refractivity contribution is 7.87. The van der Waals surface area contributed by atoms with Gasteiger partial charge in [-0.3, -0.25) is 4.98 Å². The van der Waals surface area contributed by atoms with Crippen molar-refractivity contribution in [1.82, 2.24) is 14.0 Å². The summed E-state index contributed by atoms with van der Waals surface area (Å²) < 4.78 is 27.9. The SMILES string of the molecule is CCN(CC)S(=O)(=O)N[C@@H](C)c1ccccn1. The lowest BCUT2D eigenvalue weighted by molar-refractivity contribution is 0.428. The number of pyridine rings is 1. The van der Waals surface area contributed by atoms with E-state index in [0.29, 0.717) is 18.8 Å². The van der Waals surface area contributed by atoms with Crippen LogP contribution in [0.5, 0.6) is 0 Å². The van der Waals surface area contributed by atoms with Crippen LogP contribution >= 0.6 is 0 Å². The van der Waals surface area contributed by atoms with Gasteiger partial charge in [0, 0.05) is 19.3 Å². The number of hydrogen-bond donors (Lipinski definition) is 1. The zero-order valence-electron chi connectivity index (χ0n) is 10.4. The maximum absolute atomic E-state index is 12.0. The highest BCUT2D eigenvalue weighted by Crippen LogP contribution is 2.11. The van der Waals surface area contributed by atoms with Crippen molar-refractivity contribution in [2.45, 2.75) is 26.8 Å². The fourth-order valence-corrected chi connectivity index (χ4v) is 2.95. The third-order valence-corrected chi connectivity index (χ3v) is 4.35. The number of nitrogens with zero attached hydrogens (tertiary/aromatic N) is 2. The lowest BCUT2D eigenvalue weighted by Gasteiger charge is -2.21. The van der Waals surface area contributed by atoms with Crippen LogP contribution in [0.3, 0.4) is 0 Å². The van der Waals surface area contributed by atoms with E-state index < -0.39 is 10.2 Å². The maximum Gasteiger partial charge on any atom is 0.280 e. The van der Waals surface area contributed by atoms with Crippen LogP contribution in [-0.2, 0) is 10.2 Å². The molecule has 0 bridgehead atoms. The predicted octanol–water partition coefficient (Wildman–Crippen LogP) is 1.32. The highest BCUT2D eigenvalue weighted by atomic mass is 32.2. The van der Waals surface area contributed by atoms with Gasteiger partial charge in [-0.05, 0) is 19.1 Å². The van der Waals surface area contributed by atoms with Gasteiger partial charge in [-0.15, -0.1) is 0 Å². The van der Waals surface area contributed by atoms with Crippen molar-refractivity contribution < 1.29 is 8.42 Å². The van der Waals surface area contributed by atoms with Crippen molar-refractivity contribution in [2.24, 2.45) is 0 Å². The molecular weight excluding hydrogens is 238 g/mol. The molecule has 1 heterocycles. The molecular formula is C11H19N3O2S. The van der Waals surface area contributed by atoms with Crippen LogP contribution < -0.4 is 4.72 Å². The monoisotopic (exact) mass is 257 g/mol. The van der Waals surface area contributed by atoms with Crippen LogP contribution in [-0.4, -0.2) is 30.8 Å². The molecule has 0 unspecified atom stereocenters. The van der Waals surface area contributed by atoms with Crippen LogP contribution in [0.1, 0.15) is 32.5 Å². The van der Waals surface area contributed by atoms with E-state index in [9.17, 15) is 8.42 Å². The van der Waals surface area contributed by atoms with Gasteiger partial charge in [0.15, 0.2) is 0 Å². The van der Waals surface area contributed by atoms with Crippen molar-refractivity contribution >= 4 is 10.2 Å². The van der Waals surface area contributed by atoms with Crippen LogP contribution in [0.4, 0.5) is 0 Å². The summed E-state index contributed by atoms with van der Waals surface area (Å²) in [6.45, 7) is 6.33. The summed E-state index contributed by atoms with van der Waals surface area (Å²) >= 11 is 0. The second kappa shape index (κ2) is 6.09. The van der Waals surface area contributed by atoms with E-state index in [1.807, 2.05) is 19.9 Å². The summed E-state index contributed by atoms with van der Waals surface area (Å²) in [6, 6.07) is 5.11. The molecule has 0 spiro atoms. The topological polar surface area (TPSA) is 62.3 Å². The molecule has 1 rings (SSSR count). The first-order valence-corrected chi connectivity index (χ1v) is 7.13. The third kappa shape index (κ3) is 3.76. The predicted molar refractivity (Wildman–Crippen MR) is 67.6 cm³/mol. The Balaban J connectivity index is 2.78. The maximum atomic E-state index is 12.0. The van der Waals surface area contributed by atoms with E-state index in [1.54, 1.807) is 25.3 Å². The van der Waals surface area contributed by atoms with Crippen molar-refractivity contribution in [3.63, 3.8) is 0 Å². The van der Waals surface area contributed by atoms with Gasteiger partial charge in [0.25, 0.3) is 10.2 Å². The van der Waals surface area contributed by atoms with Crippen molar-refractivity contribution in [3.8, 4) is 0 Å². The molecule has 0 aliphatic rings. The zero-order chi connectivity index (χ0) is 12.9. The van der Waals surface area contributed by atoms with E-state index >= 15 is 0 Å². The van der Waals surface area contributed by atoms with E-state index in [-0.39, 0.29) is 6.04 Å². The Hall–Kier alpha value is -0.980. The Kier molecular flexibility index (Phi) is 5.04. The molecule has 0 saturated heterocycles. The highest BCUT2D eigenvalue weighted by Gasteiger charge is 2.21. The third-order valence-electron chi connectivity index (χ3n) is 2.50. The molecule has 0 fully saturated rings. The molecule has 0 aromatic carbocycles. The van der Waals surface area contributed by atoms with Crippen molar-refractivity contribution in [1.29, 1.82) is 0 Å². The average molecular weight is 257 g/mol. The first-order valence-electron chi connectivity index (χ1n) is 5.69. The Morgan fingerprint density at radius 1 is 1.35 bits per heavy atom. The first kappa shape index (κ1) is 14.1. The summed E-state index contributed by atoms with van der Waals surface area (Å²) in [5.74, 6) is 0. The molecule has 1 atom stereocenters. The molecule has 1 N–H and O–H groups in total. The standard InChI is InChI=1S/C11H19N3O2S/c1-4-14(5-2)17(15,16)13-10(3)11-8-6-7-9-12-11/h6-10,13H,4-5H2,1-3H3/t10-/m0/s1. The minimum atomic E-state index is -3.43.